The van der Waals surface area contributed by atoms with Crippen LogP contribution in [0, 0.1) is 0 Å². The van der Waals surface area contributed by atoms with Gasteiger partial charge in [-0.25, -0.2) is 0 Å². The normalized spacial score (nSPS) is 15.3. The first-order valence-electron chi connectivity index (χ1n) is 6.93. The lowest BCUT2D eigenvalue weighted by atomic mass is 10.1. The molecule has 0 aromatic heterocycles. The third kappa shape index (κ3) is 10.5. The molecule has 0 fully saturated rings. The zero-order chi connectivity index (χ0) is 12.9. The molecule has 0 radical (unpaired) electrons. The van der Waals surface area contributed by atoms with E-state index in [4.69, 9.17) is 10.8 Å². The van der Waals surface area contributed by atoms with Gasteiger partial charge in [-0.2, -0.15) is 0 Å². The minimum atomic E-state index is -0.718. The monoisotopic (exact) mass is 243 g/mol. The van der Waals surface area contributed by atoms with Crippen molar-refractivity contribution in [2.24, 2.45) is 5.73 Å². The van der Waals surface area contributed by atoms with E-state index >= 15 is 0 Å². The molecule has 17 heavy (non-hydrogen) atoms. The van der Waals surface area contributed by atoms with E-state index in [1.54, 1.807) is 6.08 Å². The first kappa shape index (κ1) is 16.6. The molecule has 0 spiro atoms. The number of hydrogen-bond donors (Lipinski definition) is 3. The molecule has 0 aliphatic carbocycles. The van der Waals surface area contributed by atoms with Crippen molar-refractivity contribution in [3.8, 4) is 0 Å². The molecule has 4 N–H and O–H groups in total. The maximum Gasteiger partial charge on any atom is 0.0894 e. The van der Waals surface area contributed by atoms with Gasteiger partial charge in [0.15, 0.2) is 0 Å². The van der Waals surface area contributed by atoms with Gasteiger partial charge in [0.25, 0.3) is 0 Å². The van der Waals surface area contributed by atoms with Crippen LogP contribution in [0.15, 0.2) is 12.2 Å². The van der Waals surface area contributed by atoms with Gasteiger partial charge in [-0.05, 0) is 12.8 Å². The summed E-state index contributed by atoms with van der Waals surface area (Å²) in [7, 11) is 0. The summed E-state index contributed by atoms with van der Waals surface area (Å²) in [6.07, 6.45) is 13.0. The Kier molecular flexibility index (Phi) is 11.8. The second kappa shape index (κ2) is 12.1. The van der Waals surface area contributed by atoms with Crippen molar-refractivity contribution in [3.05, 3.63) is 12.2 Å². The van der Waals surface area contributed by atoms with Crippen molar-refractivity contribution in [1.82, 2.24) is 0 Å². The minimum absolute atomic E-state index is 0.178. The van der Waals surface area contributed by atoms with Gasteiger partial charge in [-0.15, -0.1) is 0 Å². The number of rotatable bonds is 11. The molecule has 2 atom stereocenters. The fraction of sp³-hybridized carbons (Fsp3) is 0.857. The fourth-order valence-electron chi connectivity index (χ4n) is 1.71. The summed E-state index contributed by atoms with van der Waals surface area (Å²) in [5, 5.41) is 18.2. The second-order valence-electron chi connectivity index (χ2n) is 4.68. The third-order valence-corrected chi connectivity index (χ3v) is 2.96. The van der Waals surface area contributed by atoms with Crippen LogP contribution in [0.3, 0.4) is 0 Å². The quantitative estimate of drug-likeness (QED) is 0.385. The third-order valence-electron chi connectivity index (χ3n) is 2.96. The van der Waals surface area contributed by atoms with Crippen LogP contribution in [0.5, 0.6) is 0 Å². The lowest BCUT2D eigenvalue weighted by molar-refractivity contribution is 0.144. The number of allylic oxidation sites excluding steroid dienone is 1. The van der Waals surface area contributed by atoms with E-state index in [-0.39, 0.29) is 6.61 Å². The minimum Gasteiger partial charge on any atom is -0.395 e. The Balaban J connectivity index is 3.30. The number of unbranched alkanes of at least 4 members (excludes halogenated alkanes) is 7. The highest BCUT2D eigenvalue weighted by atomic mass is 16.3. The first-order valence-corrected chi connectivity index (χ1v) is 6.93. The Bertz CT molecular complexity index is 183. The Morgan fingerprint density at radius 2 is 1.65 bits per heavy atom. The van der Waals surface area contributed by atoms with Crippen molar-refractivity contribution in [3.63, 3.8) is 0 Å². The van der Waals surface area contributed by atoms with Crippen molar-refractivity contribution in [1.29, 1.82) is 0 Å². The number of aliphatic hydroxyl groups excluding tert-OH is 2. The Morgan fingerprint density at radius 3 is 2.24 bits per heavy atom. The molecule has 0 aliphatic rings. The van der Waals surface area contributed by atoms with Crippen molar-refractivity contribution >= 4 is 0 Å². The summed E-state index contributed by atoms with van der Waals surface area (Å²) in [5.41, 5.74) is 5.47. The van der Waals surface area contributed by atoms with Gasteiger partial charge in [-0.1, -0.05) is 57.6 Å². The number of aliphatic hydroxyl groups is 2. The topological polar surface area (TPSA) is 66.5 Å². The SMILES string of the molecule is CCCCCCCCC/C=C/C(O)C(N)CO. The molecule has 0 heterocycles. The highest BCUT2D eigenvalue weighted by Crippen LogP contribution is 2.08. The molecule has 0 saturated heterocycles. The molecular formula is C14H29NO2. The summed E-state index contributed by atoms with van der Waals surface area (Å²) in [6.45, 7) is 2.05. The number of nitrogens with two attached hydrogens (primary N) is 1. The molecule has 0 bridgehead atoms. The zero-order valence-corrected chi connectivity index (χ0v) is 11.1. The molecule has 3 heteroatoms. The van der Waals surface area contributed by atoms with Crippen LogP contribution < -0.4 is 5.73 Å². The lowest BCUT2D eigenvalue weighted by Crippen LogP contribution is -2.36. The predicted molar refractivity (Wildman–Crippen MR) is 72.8 cm³/mol. The molecule has 0 amide bonds. The standard InChI is InChI=1S/C14H29NO2/c1-2-3-4-5-6-7-8-9-10-11-14(17)13(15)12-16/h10-11,13-14,16-17H,2-9,12,15H2,1H3/b11-10+. The first-order chi connectivity index (χ1) is 8.22. The van der Waals surface area contributed by atoms with Crippen molar-refractivity contribution in [2.45, 2.75) is 70.4 Å². The Morgan fingerprint density at radius 1 is 1.06 bits per heavy atom. The van der Waals surface area contributed by atoms with Crippen LogP contribution >= 0.6 is 0 Å². The van der Waals surface area contributed by atoms with Crippen LogP contribution in [0.1, 0.15) is 58.3 Å². The van der Waals surface area contributed by atoms with E-state index in [9.17, 15) is 5.11 Å². The summed E-state index contributed by atoms with van der Waals surface area (Å²) in [6, 6.07) is -0.555. The Labute approximate surface area is 106 Å². The summed E-state index contributed by atoms with van der Waals surface area (Å²) in [5.74, 6) is 0. The van der Waals surface area contributed by atoms with Gasteiger partial charge in [0, 0.05) is 0 Å². The maximum atomic E-state index is 9.45. The zero-order valence-electron chi connectivity index (χ0n) is 11.1. The highest BCUT2D eigenvalue weighted by Gasteiger charge is 2.08. The fourth-order valence-corrected chi connectivity index (χ4v) is 1.71. The predicted octanol–water partition coefficient (Wildman–Crippen LogP) is 2.36. The molecule has 0 rings (SSSR count). The van der Waals surface area contributed by atoms with Crippen LogP contribution in [0.2, 0.25) is 0 Å². The van der Waals surface area contributed by atoms with Gasteiger partial charge < -0.3 is 15.9 Å². The average Bonchev–Trinajstić information content (AvgIpc) is 2.35. The van der Waals surface area contributed by atoms with Gasteiger partial charge in [0.05, 0.1) is 18.8 Å². The average molecular weight is 243 g/mol. The highest BCUT2D eigenvalue weighted by molar-refractivity contribution is 4.93. The van der Waals surface area contributed by atoms with Crippen LogP contribution in [0.25, 0.3) is 0 Å². The van der Waals surface area contributed by atoms with E-state index in [2.05, 4.69) is 6.92 Å². The van der Waals surface area contributed by atoms with E-state index in [0.29, 0.717) is 0 Å². The lowest BCUT2D eigenvalue weighted by Gasteiger charge is -2.11. The maximum absolute atomic E-state index is 9.45. The largest absolute Gasteiger partial charge is 0.395 e. The smallest absolute Gasteiger partial charge is 0.0894 e. The molecular weight excluding hydrogens is 214 g/mol. The summed E-state index contributed by atoms with van der Waals surface area (Å²) in [4.78, 5) is 0. The molecule has 0 aromatic rings. The molecule has 0 aliphatic heterocycles. The van der Waals surface area contributed by atoms with E-state index in [0.717, 1.165) is 6.42 Å². The molecule has 3 nitrogen and oxygen atoms in total. The van der Waals surface area contributed by atoms with E-state index < -0.39 is 12.1 Å². The van der Waals surface area contributed by atoms with Crippen molar-refractivity contribution < 1.29 is 10.2 Å². The second-order valence-corrected chi connectivity index (χ2v) is 4.68. The van der Waals surface area contributed by atoms with E-state index in [1.165, 1.54) is 44.9 Å². The van der Waals surface area contributed by atoms with Gasteiger partial charge in [0.2, 0.25) is 0 Å². The molecule has 102 valence electrons. The van der Waals surface area contributed by atoms with Gasteiger partial charge in [0.1, 0.15) is 0 Å². The summed E-state index contributed by atoms with van der Waals surface area (Å²) >= 11 is 0. The Hall–Kier alpha value is -0.380. The molecule has 2 unspecified atom stereocenters. The van der Waals surface area contributed by atoms with Gasteiger partial charge >= 0.3 is 0 Å². The molecule has 0 aromatic carbocycles. The van der Waals surface area contributed by atoms with Crippen LogP contribution in [0.4, 0.5) is 0 Å². The van der Waals surface area contributed by atoms with Crippen LogP contribution in [-0.2, 0) is 0 Å². The van der Waals surface area contributed by atoms with E-state index in [1.807, 2.05) is 6.08 Å². The number of hydrogen-bond acceptors (Lipinski definition) is 3. The molecule has 0 saturated carbocycles. The van der Waals surface area contributed by atoms with Crippen LogP contribution in [-0.4, -0.2) is 29.0 Å². The van der Waals surface area contributed by atoms with Gasteiger partial charge in [-0.3, -0.25) is 0 Å². The summed E-state index contributed by atoms with van der Waals surface area (Å²) < 4.78 is 0. The van der Waals surface area contributed by atoms with Crippen molar-refractivity contribution in [2.75, 3.05) is 6.61 Å².